The maximum absolute atomic E-state index is 13.1. The Balaban J connectivity index is 2.95. The van der Waals surface area contributed by atoms with Gasteiger partial charge in [-0.25, -0.2) is 4.39 Å². The molecule has 0 aliphatic carbocycles. The van der Waals surface area contributed by atoms with Gasteiger partial charge in [-0.15, -0.1) is 0 Å². The van der Waals surface area contributed by atoms with Gasteiger partial charge < -0.3 is 4.74 Å². The molecular weight excluding hydrogens is 274 g/mol. The van der Waals surface area contributed by atoms with Crippen molar-refractivity contribution in [3.05, 3.63) is 33.0 Å². The first-order valence-corrected chi connectivity index (χ1v) is 4.92. The highest BCUT2D eigenvalue weighted by Gasteiger charge is 2.09. The molecule has 0 radical (unpaired) electrons. The van der Waals surface area contributed by atoms with Gasteiger partial charge in [-0.1, -0.05) is 11.6 Å². The topological polar surface area (TPSA) is 26.3 Å². The van der Waals surface area contributed by atoms with E-state index in [-0.39, 0.29) is 15.9 Å². The fourth-order valence-electron chi connectivity index (χ4n) is 0.949. The smallest absolute Gasteiger partial charge is 0.309 e. The molecule has 1 aromatic carbocycles. The third kappa shape index (κ3) is 2.69. The maximum Gasteiger partial charge on any atom is 0.309 e. The van der Waals surface area contributed by atoms with Gasteiger partial charge in [0.15, 0.2) is 0 Å². The molecule has 0 saturated heterocycles. The Kier molecular flexibility index (Phi) is 3.89. The summed E-state index contributed by atoms with van der Waals surface area (Å²) in [5.41, 5.74) is 0.488. The number of hydrogen-bond donors (Lipinski definition) is 0. The highest BCUT2D eigenvalue weighted by molar-refractivity contribution is 9.10. The van der Waals surface area contributed by atoms with E-state index in [0.29, 0.717) is 5.56 Å². The number of esters is 1. The first-order chi connectivity index (χ1) is 6.54. The highest BCUT2D eigenvalue weighted by Crippen LogP contribution is 2.27. The van der Waals surface area contributed by atoms with E-state index in [2.05, 4.69) is 20.7 Å². The van der Waals surface area contributed by atoms with Crippen molar-refractivity contribution >= 4 is 33.5 Å². The molecule has 2 nitrogen and oxygen atoms in total. The monoisotopic (exact) mass is 280 g/mol. The Bertz CT molecular complexity index is 345. The SMILES string of the molecule is COC(=O)Cc1cc(F)c(Br)c(Cl)c1. The third-order valence-corrected chi connectivity index (χ3v) is 2.95. The van der Waals surface area contributed by atoms with Crippen molar-refractivity contribution < 1.29 is 13.9 Å². The van der Waals surface area contributed by atoms with E-state index in [1.165, 1.54) is 19.2 Å². The van der Waals surface area contributed by atoms with Crippen LogP contribution in [0.5, 0.6) is 0 Å². The predicted octanol–water partition coefficient (Wildman–Crippen LogP) is 2.96. The van der Waals surface area contributed by atoms with Crippen molar-refractivity contribution in [3.63, 3.8) is 0 Å². The Morgan fingerprint density at radius 2 is 2.29 bits per heavy atom. The van der Waals surface area contributed by atoms with E-state index in [1.54, 1.807) is 0 Å². The second-order valence-corrected chi connectivity index (χ2v) is 3.83. The summed E-state index contributed by atoms with van der Waals surface area (Å²) < 4.78 is 17.8. The molecule has 0 amide bonds. The molecule has 0 saturated carbocycles. The molecular formula is C9H7BrClFO2. The lowest BCUT2D eigenvalue weighted by molar-refractivity contribution is -0.139. The number of hydrogen-bond acceptors (Lipinski definition) is 2. The number of benzene rings is 1. The third-order valence-electron chi connectivity index (χ3n) is 1.62. The molecule has 0 aromatic heterocycles. The van der Waals surface area contributed by atoms with E-state index in [1.807, 2.05) is 0 Å². The molecule has 0 heterocycles. The summed E-state index contributed by atoms with van der Waals surface area (Å²) in [7, 11) is 1.28. The number of methoxy groups -OCH3 is 1. The summed E-state index contributed by atoms with van der Waals surface area (Å²) in [4.78, 5) is 10.9. The minimum absolute atomic E-state index is 0.0143. The van der Waals surface area contributed by atoms with Crippen molar-refractivity contribution in [1.82, 2.24) is 0 Å². The van der Waals surface area contributed by atoms with Gasteiger partial charge in [-0.05, 0) is 33.6 Å². The number of halogens is 3. The van der Waals surface area contributed by atoms with E-state index in [9.17, 15) is 9.18 Å². The maximum atomic E-state index is 13.1. The molecule has 0 unspecified atom stereocenters. The van der Waals surface area contributed by atoms with Crippen LogP contribution >= 0.6 is 27.5 Å². The molecule has 0 spiro atoms. The van der Waals surface area contributed by atoms with Crippen molar-refractivity contribution in [2.24, 2.45) is 0 Å². The second-order valence-electron chi connectivity index (χ2n) is 2.63. The normalized spacial score (nSPS) is 10.0. The molecule has 0 bridgehead atoms. The lowest BCUT2D eigenvalue weighted by Gasteiger charge is -2.03. The molecule has 14 heavy (non-hydrogen) atoms. The first-order valence-electron chi connectivity index (χ1n) is 3.75. The van der Waals surface area contributed by atoms with E-state index >= 15 is 0 Å². The molecule has 76 valence electrons. The Labute approximate surface area is 94.1 Å². The van der Waals surface area contributed by atoms with Crippen molar-refractivity contribution in [1.29, 1.82) is 0 Å². The van der Waals surface area contributed by atoms with Crippen LogP contribution in [0.2, 0.25) is 5.02 Å². The molecule has 0 aliphatic heterocycles. The molecule has 1 aromatic rings. The van der Waals surface area contributed by atoms with Crippen molar-refractivity contribution in [3.8, 4) is 0 Å². The summed E-state index contributed by atoms with van der Waals surface area (Å²) >= 11 is 8.68. The van der Waals surface area contributed by atoms with Gasteiger partial charge >= 0.3 is 5.97 Å². The van der Waals surface area contributed by atoms with Crippen LogP contribution in [0.15, 0.2) is 16.6 Å². The van der Waals surface area contributed by atoms with Gasteiger partial charge in [0.1, 0.15) is 5.82 Å². The molecule has 0 fully saturated rings. The predicted molar refractivity (Wildman–Crippen MR) is 54.8 cm³/mol. The Hall–Kier alpha value is -0.610. The van der Waals surface area contributed by atoms with E-state index in [0.717, 1.165) is 0 Å². The van der Waals surface area contributed by atoms with E-state index < -0.39 is 11.8 Å². The number of carbonyl (C=O) groups is 1. The largest absolute Gasteiger partial charge is 0.469 e. The van der Waals surface area contributed by atoms with Crippen LogP contribution in [-0.4, -0.2) is 13.1 Å². The Morgan fingerprint density at radius 3 is 2.79 bits per heavy atom. The summed E-state index contributed by atoms with van der Waals surface area (Å²) in [5.74, 6) is -0.917. The number of ether oxygens (including phenoxy) is 1. The number of carbonyl (C=O) groups excluding carboxylic acids is 1. The summed E-state index contributed by atoms with van der Waals surface area (Å²) in [6.07, 6.45) is 0.0143. The molecule has 1 rings (SSSR count). The molecule has 5 heteroatoms. The molecule has 0 atom stereocenters. The minimum Gasteiger partial charge on any atom is -0.469 e. The fraction of sp³-hybridized carbons (Fsp3) is 0.222. The van der Waals surface area contributed by atoms with Crippen LogP contribution in [0.4, 0.5) is 4.39 Å². The zero-order valence-corrected chi connectivity index (χ0v) is 9.65. The van der Waals surface area contributed by atoms with Crippen LogP contribution in [0.25, 0.3) is 0 Å². The van der Waals surface area contributed by atoms with Crippen molar-refractivity contribution in [2.45, 2.75) is 6.42 Å². The van der Waals surface area contributed by atoms with Crippen LogP contribution in [0, 0.1) is 5.82 Å². The van der Waals surface area contributed by atoms with Crippen molar-refractivity contribution in [2.75, 3.05) is 7.11 Å². The van der Waals surface area contributed by atoms with Crippen LogP contribution in [0.3, 0.4) is 0 Å². The van der Waals surface area contributed by atoms with Gasteiger partial charge in [0, 0.05) is 0 Å². The summed E-state index contributed by atoms with van der Waals surface area (Å²) in [5, 5.41) is 0.240. The summed E-state index contributed by atoms with van der Waals surface area (Å²) in [6.45, 7) is 0. The average Bonchev–Trinajstić information content (AvgIpc) is 2.14. The number of rotatable bonds is 2. The first kappa shape index (κ1) is 11.5. The fourth-order valence-corrected chi connectivity index (χ4v) is 1.41. The highest BCUT2D eigenvalue weighted by atomic mass is 79.9. The van der Waals surface area contributed by atoms with Gasteiger partial charge in [-0.2, -0.15) is 0 Å². The van der Waals surface area contributed by atoms with E-state index in [4.69, 9.17) is 11.6 Å². The second kappa shape index (κ2) is 4.75. The van der Waals surface area contributed by atoms with Crippen LogP contribution < -0.4 is 0 Å². The standard InChI is InChI=1S/C9H7BrClFO2/c1-14-8(13)4-5-2-6(11)9(10)7(12)3-5/h2-3H,4H2,1H3. The van der Waals surface area contributed by atoms with Gasteiger partial charge in [-0.3, -0.25) is 4.79 Å². The minimum atomic E-state index is -0.489. The molecule has 0 N–H and O–H groups in total. The average molecular weight is 282 g/mol. The molecule has 0 aliphatic rings. The lowest BCUT2D eigenvalue weighted by atomic mass is 10.1. The lowest BCUT2D eigenvalue weighted by Crippen LogP contribution is -2.04. The zero-order valence-electron chi connectivity index (χ0n) is 7.31. The van der Waals surface area contributed by atoms with Crippen LogP contribution in [0.1, 0.15) is 5.56 Å². The van der Waals surface area contributed by atoms with Crippen LogP contribution in [-0.2, 0) is 16.0 Å². The van der Waals surface area contributed by atoms with Gasteiger partial charge in [0.25, 0.3) is 0 Å². The summed E-state index contributed by atoms with van der Waals surface area (Å²) in [6, 6.07) is 2.76. The Morgan fingerprint density at radius 1 is 1.64 bits per heavy atom. The zero-order chi connectivity index (χ0) is 10.7. The quantitative estimate of drug-likeness (QED) is 0.615. The van der Waals surface area contributed by atoms with Gasteiger partial charge in [0.2, 0.25) is 0 Å². The van der Waals surface area contributed by atoms with Gasteiger partial charge in [0.05, 0.1) is 23.0 Å².